The largest absolute Gasteiger partial charge is 0.235 e. The van der Waals surface area contributed by atoms with Crippen molar-refractivity contribution in [2.24, 2.45) is 0 Å². The number of nitrogens with zero attached hydrogens (tertiary/aromatic N) is 2. The minimum absolute atomic E-state index is 1.04. The van der Waals surface area contributed by atoms with Crippen LogP contribution in [0.1, 0.15) is 0 Å². The van der Waals surface area contributed by atoms with E-state index in [0.717, 1.165) is 10.7 Å². The zero-order valence-corrected chi connectivity index (χ0v) is 7.01. The normalized spacial score (nSPS) is 12.0. The van der Waals surface area contributed by atoms with Crippen LogP contribution in [-0.4, -0.2) is 4.37 Å². The van der Waals surface area contributed by atoms with Gasteiger partial charge in [0.1, 0.15) is 5.00 Å². The summed E-state index contributed by atoms with van der Waals surface area (Å²) < 4.78 is 4.09. The van der Waals surface area contributed by atoms with Crippen LogP contribution in [-0.2, 0) is 0 Å². The first kappa shape index (κ1) is 6.20. The van der Waals surface area contributed by atoms with Gasteiger partial charge in [0, 0.05) is 11.1 Å². The van der Waals surface area contributed by atoms with Crippen LogP contribution < -0.4 is 5.32 Å². The van der Waals surface area contributed by atoms with Crippen molar-refractivity contribution in [1.29, 1.82) is 0 Å². The molecule has 0 N–H and O–H groups in total. The molecule has 0 bridgehead atoms. The molecule has 12 heavy (non-hydrogen) atoms. The molecule has 3 rings (SSSR count). The molecule has 2 heterocycles. The van der Waals surface area contributed by atoms with E-state index in [1.807, 2.05) is 24.4 Å². The Bertz CT molecular complexity index is 434. The van der Waals surface area contributed by atoms with Crippen LogP contribution >= 0.6 is 11.5 Å². The lowest BCUT2D eigenvalue weighted by Crippen LogP contribution is -1.78. The summed E-state index contributed by atoms with van der Waals surface area (Å²) in [5, 5.41) is 5.47. The molecule has 0 unspecified atom stereocenters. The number of fused-ring (bicyclic) bond motifs is 3. The van der Waals surface area contributed by atoms with E-state index in [9.17, 15) is 0 Å². The quantitative estimate of drug-likeness (QED) is 0.513. The first-order chi connectivity index (χ1) is 5.95. The number of rotatable bonds is 0. The second kappa shape index (κ2) is 2.08. The Morgan fingerprint density at radius 2 is 2.00 bits per heavy atom. The highest BCUT2D eigenvalue weighted by atomic mass is 32.1. The van der Waals surface area contributed by atoms with Gasteiger partial charge < -0.3 is 0 Å². The van der Waals surface area contributed by atoms with Gasteiger partial charge in [0.25, 0.3) is 0 Å². The monoisotopic (exact) mass is 173 g/mol. The predicted molar refractivity (Wildman–Crippen MR) is 49.0 cm³/mol. The van der Waals surface area contributed by atoms with E-state index in [2.05, 4.69) is 15.8 Å². The average Bonchev–Trinajstić information content (AvgIpc) is 2.62. The first-order valence-electron chi connectivity index (χ1n) is 3.71. The summed E-state index contributed by atoms with van der Waals surface area (Å²) in [6, 6.07) is 8.15. The topological polar surface area (TPSA) is 27.0 Å². The van der Waals surface area contributed by atoms with Crippen molar-refractivity contribution in [3.63, 3.8) is 0 Å². The molecule has 0 fully saturated rings. The number of hydrogen-bond acceptors (Lipinski definition) is 2. The Hall–Kier alpha value is -1.35. The van der Waals surface area contributed by atoms with Crippen LogP contribution in [0.5, 0.6) is 0 Å². The fourth-order valence-electron chi connectivity index (χ4n) is 1.41. The van der Waals surface area contributed by atoms with Crippen molar-refractivity contribution in [1.82, 2.24) is 9.69 Å². The van der Waals surface area contributed by atoms with E-state index >= 15 is 0 Å². The molecule has 1 aliphatic heterocycles. The summed E-state index contributed by atoms with van der Waals surface area (Å²) in [6.07, 6.45) is 1.88. The van der Waals surface area contributed by atoms with Crippen molar-refractivity contribution in [3.8, 4) is 11.1 Å². The van der Waals surface area contributed by atoms with Crippen LogP contribution in [0.15, 0.2) is 30.5 Å². The van der Waals surface area contributed by atoms with Crippen molar-refractivity contribution >= 4 is 22.2 Å². The molecule has 1 aliphatic rings. The standard InChI is InChI=1S/C9H5N2S/c1-2-4-8-6(3-1)7-5-10-12-9(7)11-8/h1-5H. The fraction of sp³-hybridized carbons (Fsp3) is 0. The lowest BCUT2D eigenvalue weighted by molar-refractivity contribution is 1.27. The van der Waals surface area contributed by atoms with Crippen LogP contribution in [0.3, 0.4) is 0 Å². The fourth-order valence-corrected chi connectivity index (χ4v) is 2.07. The molecule has 0 saturated carbocycles. The highest BCUT2D eigenvalue weighted by Gasteiger charge is 2.20. The van der Waals surface area contributed by atoms with Crippen molar-refractivity contribution in [3.05, 3.63) is 30.5 Å². The highest BCUT2D eigenvalue weighted by Crippen LogP contribution is 2.44. The molecule has 0 aliphatic carbocycles. The zero-order chi connectivity index (χ0) is 7.97. The third-order valence-corrected chi connectivity index (χ3v) is 2.66. The van der Waals surface area contributed by atoms with Gasteiger partial charge >= 0.3 is 0 Å². The number of aromatic nitrogens is 1. The van der Waals surface area contributed by atoms with Crippen LogP contribution in [0.4, 0.5) is 10.7 Å². The van der Waals surface area contributed by atoms with Crippen molar-refractivity contribution in [2.75, 3.05) is 0 Å². The SMILES string of the molecule is c1ccc2c(c1)[N]c1sncc1-2. The second-order valence-corrected chi connectivity index (χ2v) is 3.45. The number of para-hydroxylation sites is 1. The number of benzene rings is 1. The Labute approximate surface area is 74.0 Å². The molecule has 2 nitrogen and oxygen atoms in total. The molecule has 3 heteroatoms. The third kappa shape index (κ3) is 0.662. The maximum atomic E-state index is 4.43. The molecule has 0 amide bonds. The van der Waals surface area contributed by atoms with Gasteiger partial charge in [0.05, 0.1) is 11.9 Å². The molecule has 1 aromatic heterocycles. The average molecular weight is 173 g/mol. The van der Waals surface area contributed by atoms with Crippen molar-refractivity contribution < 1.29 is 0 Å². The van der Waals surface area contributed by atoms with Crippen LogP contribution in [0, 0.1) is 0 Å². The summed E-state index contributed by atoms with van der Waals surface area (Å²) in [4.78, 5) is 0. The highest BCUT2D eigenvalue weighted by molar-refractivity contribution is 7.10. The second-order valence-electron chi connectivity index (χ2n) is 2.67. The Morgan fingerprint density at radius 1 is 1.08 bits per heavy atom. The molecular formula is C9H5N2S. The maximum absolute atomic E-state index is 4.43. The van der Waals surface area contributed by atoms with Gasteiger partial charge in [0.15, 0.2) is 0 Å². The third-order valence-electron chi connectivity index (χ3n) is 1.97. The first-order valence-corrected chi connectivity index (χ1v) is 4.48. The van der Waals surface area contributed by atoms with Gasteiger partial charge in [-0.15, -0.1) is 0 Å². The molecule has 1 aromatic carbocycles. The molecule has 1 radical (unpaired) electrons. The Kier molecular flexibility index (Phi) is 1.07. The van der Waals surface area contributed by atoms with E-state index in [1.54, 1.807) is 0 Å². The smallest absolute Gasteiger partial charge is 0.144 e. The van der Waals surface area contributed by atoms with E-state index in [4.69, 9.17) is 0 Å². The van der Waals surface area contributed by atoms with E-state index in [1.165, 1.54) is 22.7 Å². The van der Waals surface area contributed by atoms with Crippen LogP contribution in [0.2, 0.25) is 0 Å². The predicted octanol–water partition coefficient (Wildman–Crippen LogP) is 2.69. The summed E-state index contributed by atoms with van der Waals surface area (Å²) in [5.74, 6) is 0. The Morgan fingerprint density at radius 3 is 3.00 bits per heavy atom. The summed E-state index contributed by atoms with van der Waals surface area (Å²) in [7, 11) is 0. The molecule has 0 atom stereocenters. The summed E-state index contributed by atoms with van der Waals surface area (Å²) >= 11 is 1.45. The van der Waals surface area contributed by atoms with E-state index in [0.29, 0.717) is 0 Å². The number of hydrogen-bond donors (Lipinski definition) is 0. The molecule has 2 aromatic rings. The lowest BCUT2D eigenvalue weighted by atomic mass is 10.1. The van der Waals surface area contributed by atoms with Gasteiger partial charge in [-0.25, -0.2) is 5.32 Å². The summed E-state index contributed by atoms with van der Waals surface area (Å²) in [5.41, 5.74) is 3.46. The molecule has 57 valence electrons. The summed E-state index contributed by atoms with van der Waals surface area (Å²) in [6.45, 7) is 0. The van der Waals surface area contributed by atoms with E-state index in [-0.39, 0.29) is 0 Å². The maximum Gasteiger partial charge on any atom is 0.144 e. The van der Waals surface area contributed by atoms with Gasteiger partial charge in [-0.2, -0.15) is 4.37 Å². The molecule has 0 saturated heterocycles. The Balaban J connectivity index is 2.34. The van der Waals surface area contributed by atoms with Gasteiger partial charge in [0.2, 0.25) is 0 Å². The van der Waals surface area contributed by atoms with Crippen molar-refractivity contribution in [2.45, 2.75) is 0 Å². The van der Waals surface area contributed by atoms with Gasteiger partial charge in [-0.3, -0.25) is 0 Å². The van der Waals surface area contributed by atoms with Crippen LogP contribution in [0.25, 0.3) is 11.1 Å². The van der Waals surface area contributed by atoms with E-state index < -0.39 is 0 Å². The van der Waals surface area contributed by atoms with Gasteiger partial charge in [-0.05, 0) is 17.6 Å². The minimum atomic E-state index is 1.04. The molecule has 0 spiro atoms. The molecular weight excluding hydrogens is 168 g/mol. The zero-order valence-electron chi connectivity index (χ0n) is 6.19. The minimum Gasteiger partial charge on any atom is -0.235 e. The lowest BCUT2D eigenvalue weighted by Gasteiger charge is -1.93. The van der Waals surface area contributed by atoms with Gasteiger partial charge in [-0.1, -0.05) is 18.2 Å².